The number of benzene rings is 1. The molecule has 4 rings (SSSR count). The zero-order valence-corrected chi connectivity index (χ0v) is 20.4. The fourth-order valence-corrected chi connectivity index (χ4v) is 5.33. The van der Waals surface area contributed by atoms with Crippen LogP contribution in [0, 0.1) is 0 Å². The van der Waals surface area contributed by atoms with E-state index < -0.39 is 11.2 Å². The number of fused-ring (bicyclic) bond motifs is 1. The first kappa shape index (κ1) is 23.0. The van der Waals surface area contributed by atoms with Gasteiger partial charge in [0.05, 0.1) is 16.6 Å². The summed E-state index contributed by atoms with van der Waals surface area (Å²) in [6.07, 6.45) is 1.95. The lowest BCUT2D eigenvalue weighted by atomic mass is 9.79. The molecule has 0 aliphatic carbocycles. The summed E-state index contributed by atoms with van der Waals surface area (Å²) >= 11 is 0. The van der Waals surface area contributed by atoms with Gasteiger partial charge in [-0.15, -0.1) is 0 Å². The number of piperidine rings is 1. The zero-order chi connectivity index (χ0) is 24.3. The molecule has 2 N–H and O–H groups in total. The van der Waals surface area contributed by atoms with Crippen molar-refractivity contribution in [2.45, 2.75) is 57.7 Å². The standard InChI is InChI=1S/C25H33N5O3/c1-24(2)13-15(14-25(3,4)27-24)28(5)21-10-8-9-18(26-21)16-11-17-19(12-20(16)31)29(6)23(33)30(7)22(17)32/h8-12,15,27,31H,13-14H2,1-7H3. The first-order valence-electron chi connectivity index (χ1n) is 11.2. The molecular formula is C25H33N5O3. The molecule has 3 heterocycles. The van der Waals surface area contributed by atoms with Crippen molar-refractivity contribution in [2.75, 3.05) is 11.9 Å². The summed E-state index contributed by atoms with van der Waals surface area (Å²) in [5, 5.41) is 14.8. The van der Waals surface area contributed by atoms with Crippen molar-refractivity contribution in [3.8, 4) is 17.0 Å². The predicted molar refractivity (Wildman–Crippen MR) is 132 cm³/mol. The highest BCUT2D eigenvalue weighted by Crippen LogP contribution is 2.35. The Morgan fingerprint density at radius 2 is 1.70 bits per heavy atom. The molecule has 8 heteroatoms. The molecule has 33 heavy (non-hydrogen) atoms. The van der Waals surface area contributed by atoms with Crippen molar-refractivity contribution in [3.63, 3.8) is 0 Å². The molecule has 1 aliphatic heterocycles. The first-order chi connectivity index (χ1) is 15.3. The number of hydrogen-bond donors (Lipinski definition) is 2. The van der Waals surface area contributed by atoms with Crippen LogP contribution < -0.4 is 21.5 Å². The second-order valence-electron chi connectivity index (χ2n) is 10.5. The maximum atomic E-state index is 12.7. The Kier molecular flexibility index (Phi) is 5.40. The fourth-order valence-electron chi connectivity index (χ4n) is 5.33. The van der Waals surface area contributed by atoms with Crippen LogP contribution in [0.3, 0.4) is 0 Å². The van der Waals surface area contributed by atoms with Gasteiger partial charge in [-0.2, -0.15) is 0 Å². The quantitative estimate of drug-likeness (QED) is 0.636. The van der Waals surface area contributed by atoms with Gasteiger partial charge in [-0.25, -0.2) is 9.78 Å². The van der Waals surface area contributed by atoms with E-state index in [0.29, 0.717) is 28.2 Å². The number of rotatable bonds is 3. The van der Waals surface area contributed by atoms with Gasteiger partial charge < -0.3 is 15.3 Å². The van der Waals surface area contributed by atoms with Gasteiger partial charge in [0, 0.05) is 49.9 Å². The lowest BCUT2D eigenvalue weighted by molar-refractivity contribution is 0.160. The van der Waals surface area contributed by atoms with E-state index in [-0.39, 0.29) is 16.8 Å². The van der Waals surface area contributed by atoms with Crippen molar-refractivity contribution >= 4 is 16.7 Å². The van der Waals surface area contributed by atoms with Crippen molar-refractivity contribution in [1.29, 1.82) is 0 Å². The average molecular weight is 452 g/mol. The van der Waals surface area contributed by atoms with Crippen molar-refractivity contribution in [1.82, 2.24) is 19.4 Å². The zero-order valence-electron chi connectivity index (χ0n) is 20.4. The second kappa shape index (κ2) is 7.73. The number of aromatic hydroxyl groups is 1. The van der Waals surface area contributed by atoms with Crippen molar-refractivity contribution in [2.24, 2.45) is 14.1 Å². The average Bonchev–Trinajstić information content (AvgIpc) is 2.73. The van der Waals surface area contributed by atoms with Crippen LogP contribution in [0.15, 0.2) is 39.9 Å². The molecule has 0 spiro atoms. The summed E-state index contributed by atoms with van der Waals surface area (Å²) < 4.78 is 2.43. The van der Waals surface area contributed by atoms with Crippen molar-refractivity contribution in [3.05, 3.63) is 51.2 Å². The van der Waals surface area contributed by atoms with Gasteiger partial charge in [0.2, 0.25) is 0 Å². The molecule has 0 saturated carbocycles. The lowest BCUT2D eigenvalue weighted by Crippen LogP contribution is -2.62. The largest absolute Gasteiger partial charge is 0.507 e. The fraction of sp³-hybridized carbons (Fsp3) is 0.480. The summed E-state index contributed by atoms with van der Waals surface area (Å²) in [5.41, 5.74) is 0.588. The summed E-state index contributed by atoms with van der Waals surface area (Å²) in [6.45, 7) is 8.89. The summed E-state index contributed by atoms with van der Waals surface area (Å²) in [5.74, 6) is 0.779. The Morgan fingerprint density at radius 1 is 1.06 bits per heavy atom. The summed E-state index contributed by atoms with van der Waals surface area (Å²) in [4.78, 5) is 32.0. The van der Waals surface area contributed by atoms with Gasteiger partial charge in [0.25, 0.3) is 5.56 Å². The molecule has 1 fully saturated rings. The van der Waals surface area contributed by atoms with Crippen LogP contribution >= 0.6 is 0 Å². The Bertz CT molecular complexity index is 1340. The molecule has 1 aliphatic rings. The van der Waals surface area contributed by atoms with Crippen LogP contribution in [-0.4, -0.2) is 43.4 Å². The minimum atomic E-state index is -0.436. The van der Waals surface area contributed by atoms with Crippen LogP contribution in [0.25, 0.3) is 22.2 Å². The van der Waals surface area contributed by atoms with E-state index >= 15 is 0 Å². The first-order valence-corrected chi connectivity index (χ1v) is 11.2. The molecule has 0 bridgehead atoms. The highest BCUT2D eigenvalue weighted by molar-refractivity contribution is 5.87. The minimum absolute atomic E-state index is 0.00486. The number of nitrogens with one attached hydrogen (secondary N) is 1. The Hall–Kier alpha value is -3.13. The van der Waals surface area contributed by atoms with E-state index in [1.54, 1.807) is 13.1 Å². The van der Waals surface area contributed by atoms with E-state index in [1.165, 1.54) is 17.7 Å². The Labute approximate surface area is 193 Å². The van der Waals surface area contributed by atoms with Crippen LogP contribution in [0.5, 0.6) is 5.75 Å². The van der Waals surface area contributed by atoms with E-state index in [1.807, 2.05) is 18.2 Å². The number of hydrogen-bond acceptors (Lipinski definition) is 6. The van der Waals surface area contributed by atoms with Gasteiger partial charge in [0.15, 0.2) is 0 Å². The molecule has 1 aromatic carbocycles. The number of pyridine rings is 1. The topological polar surface area (TPSA) is 92.4 Å². The van der Waals surface area contributed by atoms with Crippen LogP contribution in [0.2, 0.25) is 0 Å². The molecule has 0 atom stereocenters. The Balaban J connectivity index is 1.77. The highest BCUT2D eigenvalue weighted by Gasteiger charge is 2.39. The van der Waals surface area contributed by atoms with E-state index in [2.05, 4.69) is 45.0 Å². The van der Waals surface area contributed by atoms with Gasteiger partial charge in [-0.1, -0.05) is 6.07 Å². The van der Waals surface area contributed by atoms with Gasteiger partial charge >= 0.3 is 5.69 Å². The molecule has 3 aromatic rings. The number of anilines is 1. The van der Waals surface area contributed by atoms with Gasteiger partial charge in [-0.3, -0.25) is 13.9 Å². The predicted octanol–water partition coefficient (Wildman–Crippen LogP) is 2.75. The highest BCUT2D eigenvalue weighted by atomic mass is 16.3. The molecule has 1 saturated heterocycles. The van der Waals surface area contributed by atoms with E-state index in [0.717, 1.165) is 23.2 Å². The summed E-state index contributed by atoms with van der Waals surface area (Å²) in [6, 6.07) is 9.08. The number of phenols is 1. The Morgan fingerprint density at radius 3 is 2.33 bits per heavy atom. The molecular weight excluding hydrogens is 418 g/mol. The molecule has 176 valence electrons. The van der Waals surface area contributed by atoms with Crippen LogP contribution in [0.4, 0.5) is 5.82 Å². The van der Waals surface area contributed by atoms with Gasteiger partial charge in [0.1, 0.15) is 11.6 Å². The number of aromatic nitrogens is 3. The van der Waals surface area contributed by atoms with Crippen LogP contribution in [-0.2, 0) is 14.1 Å². The monoisotopic (exact) mass is 451 g/mol. The maximum absolute atomic E-state index is 12.7. The van der Waals surface area contributed by atoms with E-state index in [4.69, 9.17) is 4.98 Å². The summed E-state index contributed by atoms with van der Waals surface area (Å²) in [7, 11) is 5.09. The SMILES string of the molecule is CN(c1cccc(-c2cc3c(=O)n(C)c(=O)n(C)c3cc2O)n1)C1CC(C)(C)NC(C)(C)C1. The van der Waals surface area contributed by atoms with Crippen molar-refractivity contribution < 1.29 is 5.11 Å². The third kappa shape index (κ3) is 4.15. The minimum Gasteiger partial charge on any atom is -0.507 e. The lowest BCUT2D eigenvalue weighted by Gasteiger charge is -2.49. The number of nitrogens with zero attached hydrogens (tertiary/aromatic N) is 4. The molecule has 2 aromatic heterocycles. The molecule has 0 amide bonds. The smallest absolute Gasteiger partial charge is 0.330 e. The number of phenolic OH excluding ortho intramolecular Hbond substituents is 1. The maximum Gasteiger partial charge on any atom is 0.330 e. The number of aryl methyl sites for hydroxylation is 1. The van der Waals surface area contributed by atoms with Crippen LogP contribution in [0.1, 0.15) is 40.5 Å². The van der Waals surface area contributed by atoms with E-state index in [9.17, 15) is 14.7 Å². The molecule has 0 radical (unpaired) electrons. The normalized spacial score (nSPS) is 17.9. The molecule has 8 nitrogen and oxygen atoms in total. The third-order valence-corrected chi connectivity index (χ3v) is 6.67. The molecule has 0 unspecified atom stereocenters. The van der Waals surface area contributed by atoms with Gasteiger partial charge in [-0.05, 0) is 58.7 Å². The third-order valence-electron chi connectivity index (χ3n) is 6.67. The second-order valence-corrected chi connectivity index (χ2v) is 10.5.